The molecule has 3 rings (SSSR count). The zero-order valence-electron chi connectivity index (χ0n) is 21.3. The van der Waals surface area contributed by atoms with Crippen LogP contribution in [0.2, 0.25) is 0 Å². The number of amides is 1. The quantitative estimate of drug-likeness (QED) is 0.433. The van der Waals surface area contributed by atoms with Gasteiger partial charge in [-0.15, -0.1) is 0 Å². The van der Waals surface area contributed by atoms with Gasteiger partial charge in [0.25, 0.3) is 5.56 Å². The highest BCUT2D eigenvalue weighted by atomic mass is 16.5. The van der Waals surface area contributed by atoms with E-state index in [0.29, 0.717) is 17.7 Å². The monoisotopic (exact) mass is 491 g/mol. The van der Waals surface area contributed by atoms with Gasteiger partial charge in [0.15, 0.2) is 0 Å². The Balaban J connectivity index is 2.00. The van der Waals surface area contributed by atoms with Crippen molar-refractivity contribution in [2.75, 3.05) is 7.11 Å². The zero-order chi connectivity index (χ0) is 26.4. The van der Waals surface area contributed by atoms with E-state index in [1.165, 1.54) is 10.6 Å². The van der Waals surface area contributed by atoms with Crippen molar-refractivity contribution in [1.82, 2.24) is 14.9 Å². The van der Waals surface area contributed by atoms with E-state index in [0.717, 1.165) is 22.3 Å². The minimum absolute atomic E-state index is 0.130. The van der Waals surface area contributed by atoms with E-state index in [2.05, 4.69) is 10.3 Å². The summed E-state index contributed by atoms with van der Waals surface area (Å²) in [5, 5.41) is 12.5. The normalized spacial score (nSPS) is 12.7. The van der Waals surface area contributed by atoms with E-state index in [4.69, 9.17) is 4.74 Å². The van der Waals surface area contributed by atoms with Gasteiger partial charge in [-0.1, -0.05) is 26.0 Å². The molecule has 2 atom stereocenters. The lowest BCUT2D eigenvalue weighted by molar-refractivity contribution is -0.138. The number of nitrogens with one attached hydrogen (secondary N) is 1. The fourth-order valence-corrected chi connectivity index (χ4v) is 4.30. The summed E-state index contributed by atoms with van der Waals surface area (Å²) in [5.41, 5.74) is 3.65. The highest BCUT2D eigenvalue weighted by Crippen LogP contribution is 2.34. The standard InChI is InChI=1S/C28H33N3O5/c1-17(2)11-23(31-10-9-18(3)12-25(31)32)28(35)30-22(14-26(33)34)20-13-21(16-29-15-20)27-19(4)7-6-8-24(27)36-5/h6-10,12-13,15-17,22-23H,11,14H2,1-5H3,(H,30,35)(H,33,34)/t22-,23?/m0/s1. The molecule has 190 valence electrons. The molecule has 1 aromatic carbocycles. The molecular formula is C28H33N3O5. The SMILES string of the molecule is COc1cccc(C)c1-c1cncc([C@H](CC(=O)O)NC(=O)C(CC(C)C)n2ccc(C)cc2=O)c1. The van der Waals surface area contributed by atoms with Gasteiger partial charge in [-0.3, -0.25) is 19.4 Å². The molecule has 1 unspecified atom stereocenters. The van der Waals surface area contributed by atoms with Crippen LogP contribution in [0.5, 0.6) is 5.75 Å². The van der Waals surface area contributed by atoms with Crippen molar-refractivity contribution in [1.29, 1.82) is 0 Å². The van der Waals surface area contributed by atoms with E-state index >= 15 is 0 Å². The number of pyridine rings is 2. The third-order valence-electron chi connectivity index (χ3n) is 6.04. The first-order chi connectivity index (χ1) is 17.1. The number of ether oxygens (including phenoxy) is 1. The Kier molecular flexibility index (Phi) is 8.64. The Morgan fingerprint density at radius 2 is 1.89 bits per heavy atom. The summed E-state index contributed by atoms with van der Waals surface area (Å²) in [7, 11) is 1.59. The third-order valence-corrected chi connectivity index (χ3v) is 6.04. The van der Waals surface area contributed by atoms with Gasteiger partial charge in [0.1, 0.15) is 11.8 Å². The maximum Gasteiger partial charge on any atom is 0.305 e. The number of aliphatic carboxylic acids is 1. The second-order valence-corrected chi connectivity index (χ2v) is 9.41. The van der Waals surface area contributed by atoms with Gasteiger partial charge in [-0.2, -0.15) is 0 Å². The van der Waals surface area contributed by atoms with Crippen LogP contribution in [0.15, 0.2) is 59.8 Å². The molecule has 0 aliphatic rings. The Morgan fingerprint density at radius 1 is 1.14 bits per heavy atom. The van der Waals surface area contributed by atoms with E-state index < -0.39 is 24.0 Å². The molecule has 36 heavy (non-hydrogen) atoms. The second-order valence-electron chi connectivity index (χ2n) is 9.41. The van der Waals surface area contributed by atoms with Gasteiger partial charge < -0.3 is 19.7 Å². The molecule has 0 aliphatic carbocycles. The van der Waals surface area contributed by atoms with Gasteiger partial charge in [0.2, 0.25) is 5.91 Å². The number of carbonyl (C=O) groups excluding carboxylic acids is 1. The topological polar surface area (TPSA) is 111 Å². The molecule has 2 heterocycles. The smallest absolute Gasteiger partial charge is 0.305 e. The van der Waals surface area contributed by atoms with Crippen LogP contribution in [0, 0.1) is 19.8 Å². The maximum absolute atomic E-state index is 13.5. The van der Waals surface area contributed by atoms with E-state index in [1.54, 1.807) is 31.8 Å². The number of hydrogen-bond donors (Lipinski definition) is 2. The fraction of sp³-hybridized carbons (Fsp3) is 0.357. The molecule has 8 nitrogen and oxygen atoms in total. The summed E-state index contributed by atoms with van der Waals surface area (Å²) < 4.78 is 6.93. The molecule has 0 saturated heterocycles. The van der Waals surface area contributed by atoms with Crippen molar-refractivity contribution >= 4 is 11.9 Å². The summed E-state index contributed by atoms with van der Waals surface area (Å²) in [6.07, 6.45) is 4.94. The second kappa shape index (κ2) is 11.7. The van der Waals surface area contributed by atoms with E-state index in [1.807, 2.05) is 52.0 Å². The van der Waals surface area contributed by atoms with Crippen molar-refractivity contribution in [3.05, 3.63) is 82.0 Å². The fourth-order valence-electron chi connectivity index (χ4n) is 4.30. The predicted molar refractivity (Wildman–Crippen MR) is 138 cm³/mol. The first kappa shape index (κ1) is 26.7. The van der Waals surface area contributed by atoms with E-state index in [9.17, 15) is 19.5 Å². The Labute approximate surface area is 211 Å². The minimum atomic E-state index is -1.06. The number of aryl methyl sites for hydroxylation is 2. The van der Waals surface area contributed by atoms with Crippen LogP contribution in [0.25, 0.3) is 11.1 Å². The van der Waals surface area contributed by atoms with Crippen molar-refractivity contribution in [2.45, 2.75) is 52.6 Å². The number of carboxylic acid groups (broad SMARTS) is 1. The Morgan fingerprint density at radius 3 is 2.53 bits per heavy atom. The Bertz CT molecular complexity index is 1300. The van der Waals surface area contributed by atoms with Crippen LogP contribution >= 0.6 is 0 Å². The lowest BCUT2D eigenvalue weighted by Crippen LogP contribution is -2.40. The van der Waals surface area contributed by atoms with Crippen LogP contribution < -0.4 is 15.6 Å². The van der Waals surface area contributed by atoms with Gasteiger partial charge in [-0.25, -0.2) is 0 Å². The van der Waals surface area contributed by atoms with Crippen molar-refractivity contribution in [2.24, 2.45) is 5.92 Å². The molecule has 0 saturated carbocycles. The highest BCUT2D eigenvalue weighted by molar-refractivity contribution is 5.82. The molecule has 0 spiro atoms. The summed E-state index contributed by atoms with van der Waals surface area (Å²) in [6, 6.07) is 9.16. The first-order valence-corrected chi connectivity index (χ1v) is 11.9. The van der Waals surface area contributed by atoms with Crippen LogP contribution in [-0.2, 0) is 9.59 Å². The first-order valence-electron chi connectivity index (χ1n) is 11.9. The number of hydrogen-bond acceptors (Lipinski definition) is 5. The molecule has 0 aliphatic heterocycles. The lowest BCUT2D eigenvalue weighted by atomic mass is 9.96. The number of aromatic nitrogens is 2. The molecule has 2 aromatic heterocycles. The Hall–Kier alpha value is -3.94. The van der Waals surface area contributed by atoms with Gasteiger partial charge in [-0.05, 0) is 61.1 Å². The number of benzene rings is 1. The van der Waals surface area contributed by atoms with Crippen molar-refractivity contribution in [3.63, 3.8) is 0 Å². The molecule has 0 radical (unpaired) electrons. The summed E-state index contributed by atoms with van der Waals surface area (Å²) in [5.74, 6) is -0.680. The third kappa shape index (κ3) is 6.38. The van der Waals surface area contributed by atoms with Gasteiger partial charge >= 0.3 is 5.97 Å². The largest absolute Gasteiger partial charge is 0.496 e. The van der Waals surface area contributed by atoms with Crippen LogP contribution in [0.4, 0.5) is 0 Å². The molecule has 2 N–H and O–H groups in total. The minimum Gasteiger partial charge on any atom is -0.496 e. The number of carbonyl (C=O) groups is 2. The van der Waals surface area contributed by atoms with E-state index in [-0.39, 0.29) is 17.9 Å². The average Bonchev–Trinajstić information content (AvgIpc) is 2.82. The molecular weight excluding hydrogens is 458 g/mol. The van der Waals surface area contributed by atoms with Gasteiger partial charge in [0.05, 0.1) is 19.6 Å². The molecule has 0 fully saturated rings. The van der Waals surface area contributed by atoms with Crippen molar-refractivity contribution < 1.29 is 19.4 Å². The van der Waals surface area contributed by atoms with Gasteiger partial charge in [0, 0.05) is 35.8 Å². The molecule has 3 aromatic rings. The summed E-state index contributed by atoms with van der Waals surface area (Å²) in [4.78, 5) is 42.2. The number of rotatable bonds is 10. The zero-order valence-corrected chi connectivity index (χ0v) is 21.3. The highest BCUT2D eigenvalue weighted by Gasteiger charge is 2.27. The molecule has 0 bridgehead atoms. The summed E-state index contributed by atoms with van der Waals surface area (Å²) >= 11 is 0. The number of nitrogens with zero attached hydrogens (tertiary/aromatic N) is 2. The van der Waals surface area contributed by atoms with Crippen molar-refractivity contribution in [3.8, 4) is 16.9 Å². The number of methoxy groups -OCH3 is 1. The summed E-state index contributed by atoms with van der Waals surface area (Å²) in [6.45, 7) is 7.71. The predicted octanol–water partition coefficient (Wildman–Crippen LogP) is 4.46. The average molecular weight is 492 g/mol. The molecule has 8 heteroatoms. The number of carboxylic acids is 1. The van der Waals surface area contributed by atoms with Crippen LogP contribution in [0.1, 0.15) is 55.5 Å². The maximum atomic E-state index is 13.5. The molecule has 1 amide bonds. The van der Waals surface area contributed by atoms with Crippen LogP contribution in [-0.4, -0.2) is 33.6 Å². The van der Waals surface area contributed by atoms with Crippen LogP contribution in [0.3, 0.4) is 0 Å². The lowest BCUT2D eigenvalue weighted by Gasteiger charge is -2.25.